The Hall–Kier alpha value is -1.66. The summed E-state index contributed by atoms with van der Waals surface area (Å²) in [5.74, 6) is 0.373. The van der Waals surface area contributed by atoms with Gasteiger partial charge in [0.25, 0.3) is 0 Å². The molecule has 2 aromatic carbocycles. The first kappa shape index (κ1) is 15.7. The molecule has 0 aromatic heterocycles. The summed E-state index contributed by atoms with van der Waals surface area (Å²) < 4.78 is 0. The maximum absolute atomic E-state index is 11.2. The van der Waals surface area contributed by atoms with E-state index in [-0.39, 0.29) is 5.16 Å². The second-order valence-corrected chi connectivity index (χ2v) is 7.38. The van der Waals surface area contributed by atoms with Crippen LogP contribution in [0.15, 0.2) is 42.5 Å². The van der Waals surface area contributed by atoms with Gasteiger partial charge in [0, 0.05) is 16.3 Å². The van der Waals surface area contributed by atoms with Gasteiger partial charge in [0.15, 0.2) is 6.29 Å². The van der Waals surface area contributed by atoms with Gasteiger partial charge >= 0.3 is 0 Å². The van der Waals surface area contributed by atoms with E-state index >= 15 is 0 Å². The fraction of sp³-hybridized carbons (Fsp3) is 0.278. The fourth-order valence-electron chi connectivity index (χ4n) is 2.46. The second kappa shape index (κ2) is 6.41. The molecular formula is C18H21O2P. The lowest BCUT2D eigenvalue weighted by Gasteiger charge is -2.30. The lowest BCUT2D eigenvalue weighted by Crippen LogP contribution is -2.20. The van der Waals surface area contributed by atoms with Gasteiger partial charge in [-0.3, -0.25) is 4.79 Å². The molecule has 0 aliphatic carbocycles. The summed E-state index contributed by atoms with van der Waals surface area (Å²) in [6.45, 7) is 6.19. The molecule has 2 nitrogen and oxygen atoms in total. The first-order valence-electron chi connectivity index (χ1n) is 7.13. The molecule has 0 saturated carbocycles. The third-order valence-corrected chi connectivity index (χ3v) is 5.94. The number of rotatable bonds is 5. The van der Waals surface area contributed by atoms with Gasteiger partial charge in [-0.15, -0.1) is 0 Å². The lowest BCUT2D eigenvalue weighted by molar-refractivity contribution is 0.112. The smallest absolute Gasteiger partial charge is 0.150 e. The largest absolute Gasteiger partial charge is 0.507 e. The summed E-state index contributed by atoms with van der Waals surface area (Å²) in [6.07, 6.45) is 1.81. The molecule has 2 rings (SSSR count). The number of carbonyl (C=O) groups is 1. The Morgan fingerprint density at radius 2 is 1.90 bits per heavy atom. The summed E-state index contributed by atoms with van der Waals surface area (Å²) in [4.78, 5) is 11.2. The van der Waals surface area contributed by atoms with Crippen molar-refractivity contribution in [2.24, 2.45) is 0 Å². The van der Waals surface area contributed by atoms with Crippen LogP contribution in [0.25, 0.3) is 0 Å². The molecule has 21 heavy (non-hydrogen) atoms. The summed E-state index contributed by atoms with van der Waals surface area (Å²) in [5.41, 5.74) is 2.59. The number of carbonyl (C=O) groups excluding carboxylic acids is 1. The minimum absolute atomic E-state index is 0.171. The highest BCUT2D eigenvalue weighted by molar-refractivity contribution is 7.48. The standard InChI is InChI=1S/C18H21O2P/c1-4-18(3,15-10-7-8-13(2)17(15)20)21-16-11-6-5-9-14(16)12-19/h5-12,20-21H,4H2,1-3H3. The van der Waals surface area contributed by atoms with E-state index in [0.29, 0.717) is 14.3 Å². The van der Waals surface area contributed by atoms with Gasteiger partial charge in [0.1, 0.15) is 5.75 Å². The van der Waals surface area contributed by atoms with E-state index in [1.165, 1.54) is 0 Å². The molecule has 0 heterocycles. The van der Waals surface area contributed by atoms with Crippen molar-refractivity contribution >= 4 is 20.2 Å². The first-order chi connectivity index (χ1) is 10.0. The average molecular weight is 300 g/mol. The van der Waals surface area contributed by atoms with Crippen LogP contribution in [-0.4, -0.2) is 11.4 Å². The van der Waals surface area contributed by atoms with Crippen molar-refractivity contribution in [3.63, 3.8) is 0 Å². The van der Waals surface area contributed by atoms with Crippen LogP contribution < -0.4 is 5.30 Å². The predicted octanol–water partition coefficient (Wildman–Crippen LogP) is 4.14. The van der Waals surface area contributed by atoms with Crippen molar-refractivity contribution in [3.8, 4) is 5.75 Å². The minimum atomic E-state index is -0.171. The molecule has 2 unspecified atom stereocenters. The third-order valence-electron chi connectivity index (χ3n) is 4.04. The minimum Gasteiger partial charge on any atom is -0.507 e. The van der Waals surface area contributed by atoms with Gasteiger partial charge in [0.05, 0.1) is 0 Å². The molecule has 0 amide bonds. The Bertz CT molecular complexity index is 651. The van der Waals surface area contributed by atoms with Crippen molar-refractivity contribution in [2.45, 2.75) is 32.3 Å². The van der Waals surface area contributed by atoms with Crippen LogP contribution in [0.5, 0.6) is 5.75 Å². The molecular weight excluding hydrogens is 279 g/mol. The Morgan fingerprint density at radius 3 is 2.57 bits per heavy atom. The van der Waals surface area contributed by atoms with Crippen LogP contribution in [0.2, 0.25) is 0 Å². The number of benzene rings is 2. The number of phenols is 1. The highest BCUT2D eigenvalue weighted by Crippen LogP contribution is 2.47. The van der Waals surface area contributed by atoms with E-state index in [1.807, 2.05) is 49.4 Å². The molecule has 1 N–H and O–H groups in total. The lowest BCUT2D eigenvalue weighted by atomic mass is 9.94. The number of para-hydroxylation sites is 1. The van der Waals surface area contributed by atoms with Crippen molar-refractivity contribution in [1.29, 1.82) is 0 Å². The molecule has 0 bridgehead atoms. The van der Waals surface area contributed by atoms with Gasteiger partial charge in [-0.05, 0) is 24.2 Å². The molecule has 3 heteroatoms. The van der Waals surface area contributed by atoms with E-state index in [0.717, 1.165) is 34.7 Å². The van der Waals surface area contributed by atoms with Gasteiger partial charge in [-0.1, -0.05) is 64.9 Å². The van der Waals surface area contributed by atoms with Crippen LogP contribution in [0.4, 0.5) is 0 Å². The predicted molar refractivity (Wildman–Crippen MR) is 90.3 cm³/mol. The number of aromatic hydroxyl groups is 1. The quantitative estimate of drug-likeness (QED) is 0.665. The van der Waals surface area contributed by atoms with Crippen LogP contribution in [0.3, 0.4) is 0 Å². The molecule has 0 aliphatic heterocycles. The number of aryl methyl sites for hydroxylation is 1. The summed E-state index contributed by atoms with van der Waals surface area (Å²) >= 11 is 0. The summed E-state index contributed by atoms with van der Waals surface area (Å²) in [6, 6.07) is 13.6. The zero-order valence-corrected chi connectivity index (χ0v) is 13.7. The normalized spacial score (nSPS) is 14.2. The van der Waals surface area contributed by atoms with Crippen LogP contribution >= 0.6 is 8.58 Å². The average Bonchev–Trinajstić information content (AvgIpc) is 2.50. The number of hydrogen-bond acceptors (Lipinski definition) is 2. The fourth-order valence-corrected chi connectivity index (χ4v) is 4.04. The van der Waals surface area contributed by atoms with Crippen molar-refractivity contribution in [3.05, 3.63) is 59.2 Å². The van der Waals surface area contributed by atoms with Gasteiger partial charge in [0.2, 0.25) is 0 Å². The molecule has 0 spiro atoms. The first-order valence-corrected chi connectivity index (χ1v) is 8.13. The highest BCUT2D eigenvalue weighted by Gasteiger charge is 2.29. The van der Waals surface area contributed by atoms with E-state index < -0.39 is 0 Å². The number of hydrogen-bond donors (Lipinski definition) is 1. The molecule has 110 valence electrons. The van der Waals surface area contributed by atoms with Gasteiger partial charge in [-0.25, -0.2) is 0 Å². The van der Waals surface area contributed by atoms with Crippen LogP contribution in [0, 0.1) is 6.92 Å². The monoisotopic (exact) mass is 300 g/mol. The zero-order chi connectivity index (χ0) is 15.5. The van der Waals surface area contributed by atoms with Crippen molar-refractivity contribution < 1.29 is 9.90 Å². The number of aldehydes is 1. The van der Waals surface area contributed by atoms with E-state index in [1.54, 1.807) is 0 Å². The van der Waals surface area contributed by atoms with Crippen molar-refractivity contribution in [2.75, 3.05) is 0 Å². The Morgan fingerprint density at radius 1 is 1.19 bits per heavy atom. The Kier molecular flexibility index (Phi) is 4.80. The summed E-state index contributed by atoms with van der Waals surface area (Å²) in [7, 11) is 0.433. The molecule has 0 aliphatic rings. The SMILES string of the molecule is CCC(C)(Pc1ccccc1C=O)c1cccc(C)c1O. The van der Waals surface area contributed by atoms with E-state index in [9.17, 15) is 9.90 Å². The maximum Gasteiger partial charge on any atom is 0.150 e. The van der Waals surface area contributed by atoms with Crippen LogP contribution in [-0.2, 0) is 5.16 Å². The van der Waals surface area contributed by atoms with Crippen LogP contribution in [0.1, 0.15) is 41.8 Å². The van der Waals surface area contributed by atoms with Gasteiger partial charge < -0.3 is 5.11 Å². The third kappa shape index (κ3) is 3.16. The van der Waals surface area contributed by atoms with E-state index in [2.05, 4.69) is 13.8 Å². The summed E-state index contributed by atoms with van der Waals surface area (Å²) in [5, 5.41) is 11.3. The van der Waals surface area contributed by atoms with Gasteiger partial charge in [-0.2, -0.15) is 0 Å². The molecule has 0 saturated heterocycles. The van der Waals surface area contributed by atoms with Crippen molar-refractivity contribution in [1.82, 2.24) is 0 Å². The van der Waals surface area contributed by atoms with E-state index in [4.69, 9.17) is 0 Å². The Balaban J connectivity index is 2.46. The second-order valence-electron chi connectivity index (χ2n) is 5.49. The molecule has 0 radical (unpaired) electrons. The topological polar surface area (TPSA) is 37.3 Å². The zero-order valence-electron chi connectivity index (χ0n) is 12.7. The molecule has 0 fully saturated rings. The highest BCUT2D eigenvalue weighted by atomic mass is 31.1. The Labute approximate surface area is 128 Å². The maximum atomic E-state index is 11.2. The number of phenolic OH excluding ortho intramolecular Hbond substituents is 1. The molecule has 2 atom stereocenters. The molecule has 2 aromatic rings.